The number of likely N-dealkylation sites (tertiary alicyclic amines) is 1. The highest BCUT2D eigenvalue weighted by molar-refractivity contribution is 9.10. The van der Waals surface area contributed by atoms with Crippen molar-refractivity contribution < 1.29 is 4.74 Å². The molecule has 4 nitrogen and oxygen atoms in total. The number of halogens is 1. The molecule has 2 aliphatic rings. The van der Waals surface area contributed by atoms with Crippen molar-refractivity contribution in [2.45, 2.75) is 37.8 Å². The lowest BCUT2D eigenvalue weighted by atomic mass is 10.0. The quantitative estimate of drug-likeness (QED) is 0.820. The highest BCUT2D eigenvalue weighted by Gasteiger charge is 2.27. The molecule has 1 atom stereocenters. The summed E-state index contributed by atoms with van der Waals surface area (Å²) in [5, 5.41) is 5.10. The number of nitrogens with zero attached hydrogens (tertiary/aromatic N) is 1. The van der Waals surface area contributed by atoms with Gasteiger partial charge in [0.05, 0.1) is 6.61 Å². The third-order valence-corrected chi connectivity index (χ3v) is 6.18. The van der Waals surface area contributed by atoms with Crippen LogP contribution in [-0.2, 0) is 11.2 Å². The first kappa shape index (κ1) is 16.6. The molecule has 0 spiro atoms. The molecule has 2 aliphatic heterocycles. The van der Waals surface area contributed by atoms with E-state index in [1.807, 2.05) is 0 Å². The predicted octanol–water partition coefficient (Wildman–Crippen LogP) is 3.32. The van der Waals surface area contributed by atoms with Crippen molar-refractivity contribution >= 4 is 26.8 Å². The number of ether oxygens (including phenoxy) is 1. The third kappa shape index (κ3) is 3.54. The molecule has 24 heavy (non-hydrogen) atoms. The summed E-state index contributed by atoms with van der Waals surface area (Å²) in [5.74, 6) is 0. The largest absolute Gasteiger partial charge is 0.380 e. The van der Waals surface area contributed by atoms with Crippen LogP contribution in [0.3, 0.4) is 0 Å². The summed E-state index contributed by atoms with van der Waals surface area (Å²) in [6, 6.07) is 7.68. The molecule has 2 fully saturated rings. The van der Waals surface area contributed by atoms with Gasteiger partial charge in [0, 0.05) is 53.4 Å². The number of benzene rings is 1. The van der Waals surface area contributed by atoms with Crippen molar-refractivity contribution in [2.24, 2.45) is 0 Å². The lowest BCUT2D eigenvalue weighted by Gasteiger charge is -2.35. The normalized spacial score (nSPS) is 23.3. The predicted molar refractivity (Wildman–Crippen MR) is 102 cm³/mol. The van der Waals surface area contributed by atoms with Crippen LogP contribution >= 0.6 is 15.9 Å². The topological polar surface area (TPSA) is 40.3 Å². The van der Waals surface area contributed by atoms with Crippen LogP contribution in [0.2, 0.25) is 0 Å². The van der Waals surface area contributed by atoms with Gasteiger partial charge in [0.2, 0.25) is 0 Å². The third-order valence-electron chi connectivity index (χ3n) is 5.52. The van der Waals surface area contributed by atoms with Crippen molar-refractivity contribution in [1.29, 1.82) is 0 Å². The van der Waals surface area contributed by atoms with Gasteiger partial charge in [0.1, 0.15) is 0 Å². The minimum absolute atomic E-state index is 0.664. The summed E-state index contributed by atoms with van der Waals surface area (Å²) in [7, 11) is 0. The number of H-pyrrole nitrogens is 1. The van der Waals surface area contributed by atoms with Gasteiger partial charge in [0.15, 0.2) is 0 Å². The van der Waals surface area contributed by atoms with E-state index in [2.05, 4.69) is 55.5 Å². The van der Waals surface area contributed by atoms with Crippen LogP contribution < -0.4 is 5.32 Å². The lowest BCUT2D eigenvalue weighted by Crippen LogP contribution is -2.47. The van der Waals surface area contributed by atoms with E-state index in [0.717, 1.165) is 26.2 Å². The summed E-state index contributed by atoms with van der Waals surface area (Å²) in [4.78, 5) is 6.01. The Kier molecular flexibility index (Phi) is 5.22. The second-order valence-corrected chi connectivity index (χ2v) is 7.86. The van der Waals surface area contributed by atoms with E-state index >= 15 is 0 Å². The molecule has 0 unspecified atom stereocenters. The minimum atomic E-state index is 0.664. The summed E-state index contributed by atoms with van der Waals surface area (Å²) >= 11 is 3.68. The molecule has 0 radical (unpaired) electrons. The SMILES string of the molecule is Brc1cccc2[nH]cc(CCNC3CCN([C@H]4CCOC4)CC3)c12. The van der Waals surface area contributed by atoms with Gasteiger partial charge < -0.3 is 15.0 Å². The Balaban J connectivity index is 1.26. The zero-order valence-electron chi connectivity index (χ0n) is 14.1. The van der Waals surface area contributed by atoms with Crippen molar-refractivity contribution in [3.8, 4) is 0 Å². The Morgan fingerprint density at radius 3 is 2.92 bits per heavy atom. The number of hydrogen-bond donors (Lipinski definition) is 2. The maximum atomic E-state index is 5.52. The standard InChI is InChI=1S/C19H26BrN3O/c20-17-2-1-3-18-19(17)14(12-22-18)4-8-21-15-5-9-23(10-6-15)16-7-11-24-13-16/h1-3,12,15-16,21-22H,4-11,13H2/t16-/m0/s1. The van der Waals surface area contributed by atoms with Crippen LogP contribution in [0.1, 0.15) is 24.8 Å². The summed E-state index contributed by atoms with van der Waals surface area (Å²) in [6.45, 7) is 5.36. The average Bonchev–Trinajstić information content (AvgIpc) is 3.26. The molecule has 1 aromatic heterocycles. The van der Waals surface area contributed by atoms with Gasteiger partial charge in [-0.05, 0) is 49.9 Å². The number of nitrogens with one attached hydrogen (secondary N) is 2. The van der Waals surface area contributed by atoms with Crippen LogP contribution in [-0.4, -0.2) is 54.8 Å². The van der Waals surface area contributed by atoms with E-state index in [9.17, 15) is 0 Å². The second kappa shape index (κ2) is 7.56. The van der Waals surface area contributed by atoms with Crippen molar-refractivity contribution in [1.82, 2.24) is 15.2 Å². The summed E-state index contributed by atoms with van der Waals surface area (Å²) in [5.41, 5.74) is 2.61. The number of piperidine rings is 1. The fourth-order valence-corrected chi connectivity index (χ4v) is 4.72. The molecule has 0 saturated carbocycles. The van der Waals surface area contributed by atoms with Crippen LogP contribution in [0.15, 0.2) is 28.9 Å². The van der Waals surface area contributed by atoms with Crippen LogP contribution in [0.5, 0.6) is 0 Å². The average molecular weight is 392 g/mol. The Hall–Kier alpha value is -0.880. The molecule has 0 amide bonds. The monoisotopic (exact) mass is 391 g/mol. The molecular weight excluding hydrogens is 366 g/mol. The lowest BCUT2D eigenvalue weighted by molar-refractivity contribution is 0.117. The number of aromatic amines is 1. The van der Waals surface area contributed by atoms with Gasteiger partial charge in [-0.3, -0.25) is 4.90 Å². The molecule has 2 N–H and O–H groups in total. The van der Waals surface area contributed by atoms with Gasteiger partial charge in [0.25, 0.3) is 0 Å². The Morgan fingerprint density at radius 2 is 2.12 bits per heavy atom. The first-order valence-electron chi connectivity index (χ1n) is 9.11. The molecule has 2 saturated heterocycles. The molecule has 0 bridgehead atoms. The Labute approximate surface area is 152 Å². The van der Waals surface area contributed by atoms with Crippen molar-refractivity contribution in [3.63, 3.8) is 0 Å². The molecule has 0 aliphatic carbocycles. The van der Waals surface area contributed by atoms with Gasteiger partial charge >= 0.3 is 0 Å². The zero-order valence-corrected chi connectivity index (χ0v) is 15.6. The fourth-order valence-electron chi connectivity index (χ4n) is 4.09. The molecule has 5 heteroatoms. The molecule has 3 heterocycles. The van der Waals surface area contributed by atoms with Crippen LogP contribution in [0.25, 0.3) is 10.9 Å². The van der Waals surface area contributed by atoms with Gasteiger partial charge in [-0.2, -0.15) is 0 Å². The van der Waals surface area contributed by atoms with E-state index in [4.69, 9.17) is 4.74 Å². The van der Waals surface area contributed by atoms with E-state index < -0.39 is 0 Å². The summed E-state index contributed by atoms with van der Waals surface area (Å²) in [6.07, 6.45) is 6.95. The summed E-state index contributed by atoms with van der Waals surface area (Å²) < 4.78 is 6.71. The Morgan fingerprint density at radius 1 is 1.25 bits per heavy atom. The number of aromatic nitrogens is 1. The highest BCUT2D eigenvalue weighted by Crippen LogP contribution is 2.27. The van der Waals surface area contributed by atoms with E-state index in [1.54, 1.807) is 0 Å². The molecule has 1 aromatic carbocycles. The maximum Gasteiger partial charge on any atom is 0.0622 e. The van der Waals surface area contributed by atoms with Gasteiger partial charge in [-0.1, -0.05) is 22.0 Å². The Bertz CT molecular complexity index is 672. The van der Waals surface area contributed by atoms with Crippen LogP contribution in [0, 0.1) is 0 Å². The fraction of sp³-hybridized carbons (Fsp3) is 0.579. The zero-order chi connectivity index (χ0) is 16.4. The number of fused-ring (bicyclic) bond motifs is 1. The van der Waals surface area contributed by atoms with Crippen molar-refractivity contribution in [2.75, 3.05) is 32.8 Å². The molecule has 130 valence electrons. The first-order valence-corrected chi connectivity index (χ1v) is 9.90. The van der Waals surface area contributed by atoms with E-state index in [0.29, 0.717) is 12.1 Å². The minimum Gasteiger partial charge on any atom is -0.380 e. The highest BCUT2D eigenvalue weighted by atomic mass is 79.9. The van der Waals surface area contributed by atoms with E-state index in [1.165, 1.54) is 53.3 Å². The second-order valence-electron chi connectivity index (χ2n) is 7.01. The van der Waals surface area contributed by atoms with Gasteiger partial charge in [-0.15, -0.1) is 0 Å². The van der Waals surface area contributed by atoms with Crippen molar-refractivity contribution in [3.05, 3.63) is 34.4 Å². The van der Waals surface area contributed by atoms with E-state index in [-0.39, 0.29) is 0 Å². The van der Waals surface area contributed by atoms with Crippen LogP contribution in [0.4, 0.5) is 0 Å². The maximum absolute atomic E-state index is 5.52. The van der Waals surface area contributed by atoms with Gasteiger partial charge in [-0.25, -0.2) is 0 Å². The number of hydrogen-bond acceptors (Lipinski definition) is 3. The smallest absolute Gasteiger partial charge is 0.0622 e. The molecule has 2 aromatic rings. The first-order chi connectivity index (χ1) is 11.8. The number of rotatable bonds is 5. The molecular formula is C19H26BrN3O. The molecule has 4 rings (SSSR count).